The summed E-state index contributed by atoms with van der Waals surface area (Å²) in [7, 11) is 0. The fraction of sp³-hybridized carbons (Fsp3) is 0.750. The van der Waals surface area contributed by atoms with Gasteiger partial charge in [-0.2, -0.15) is 16.9 Å². The lowest BCUT2D eigenvalue weighted by Gasteiger charge is -2.10. The molecule has 2 unspecified atom stereocenters. The second-order valence-corrected chi connectivity index (χ2v) is 5.28. The summed E-state index contributed by atoms with van der Waals surface area (Å²) in [6.45, 7) is 4.36. The molecule has 4 heteroatoms. The fourth-order valence-electron chi connectivity index (χ4n) is 1.56. The van der Waals surface area contributed by atoms with Gasteiger partial charge in [0, 0.05) is 24.7 Å². The minimum absolute atomic E-state index is 0.243. The van der Waals surface area contributed by atoms with E-state index in [2.05, 4.69) is 37.5 Å². The Hall–Kier alpha value is -0.480. The van der Waals surface area contributed by atoms with Crippen LogP contribution in [0.25, 0.3) is 0 Å². The number of aromatic nitrogens is 2. The summed E-state index contributed by atoms with van der Waals surface area (Å²) in [5, 5.41) is 4.56. The summed E-state index contributed by atoms with van der Waals surface area (Å²) < 4.78 is 2.04. The van der Waals surface area contributed by atoms with Crippen LogP contribution in [-0.4, -0.2) is 27.8 Å². The third-order valence-electron chi connectivity index (χ3n) is 2.87. The van der Waals surface area contributed by atoms with Crippen LogP contribution in [0, 0.1) is 0 Å². The molecule has 0 aliphatic rings. The fourth-order valence-corrected chi connectivity index (χ4v) is 2.10. The summed E-state index contributed by atoms with van der Waals surface area (Å²) in [6.07, 6.45) is 7.25. The van der Waals surface area contributed by atoms with Gasteiger partial charge in [0.25, 0.3) is 0 Å². The van der Waals surface area contributed by atoms with Crippen LogP contribution in [0.4, 0.5) is 0 Å². The van der Waals surface area contributed by atoms with E-state index in [9.17, 15) is 0 Å². The molecular formula is C12H23N3S. The minimum Gasteiger partial charge on any atom is -0.327 e. The SMILES string of the molecule is CCC(C)n1ccc(CC(N)CCSC)n1. The molecule has 1 aromatic rings. The van der Waals surface area contributed by atoms with E-state index in [0.29, 0.717) is 6.04 Å². The van der Waals surface area contributed by atoms with Gasteiger partial charge in [0.1, 0.15) is 0 Å². The van der Waals surface area contributed by atoms with Gasteiger partial charge in [-0.15, -0.1) is 0 Å². The topological polar surface area (TPSA) is 43.8 Å². The van der Waals surface area contributed by atoms with Crippen LogP contribution >= 0.6 is 11.8 Å². The van der Waals surface area contributed by atoms with Gasteiger partial charge < -0.3 is 5.73 Å². The molecule has 0 saturated heterocycles. The van der Waals surface area contributed by atoms with E-state index in [-0.39, 0.29) is 6.04 Å². The maximum Gasteiger partial charge on any atom is 0.0640 e. The zero-order valence-electron chi connectivity index (χ0n) is 10.5. The van der Waals surface area contributed by atoms with Gasteiger partial charge in [0.15, 0.2) is 0 Å². The van der Waals surface area contributed by atoms with Gasteiger partial charge in [-0.25, -0.2) is 0 Å². The first-order chi connectivity index (χ1) is 7.67. The molecule has 16 heavy (non-hydrogen) atoms. The number of thioether (sulfide) groups is 1. The number of rotatable bonds is 7. The Bertz CT molecular complexity index is 298. The highest BCUT2D eigenvalue weighted by Gasteiger charge is 2.08. The van der Waals surface area contributed by atoms with Crippen molar-refractivity contribution in [2.24, 2.45) is 5.73 Å². The average Bonchev–Trinajstić information content (AvgIpc) is 2.73. The van der Waals surface area contributed by atoms with Crippen LogP contribution in [0.5, 0.6) is 0 Å². The molecule has 0 spiro atoms. The molecular weight excluding hydrogens is 218 g/mol. The molecule has 1 rings (SSSR count). The van der Waals surface area contributed by atoms with Crippen molar-refractivity contribution in [3.8, 4) is 0 Å². The summed E-state index contributed by atoms with van der Waals surface area (Å²) in [5.74, 6) is 1.13. The largest absolute Gasteiger partial charge is 0.327 e. The Morgan fingerprint density at radius 3 is 2.94 bits per heavy atom. The van der Waals surface area contributed by atoms with E-state index in [4.69, 9.17) is 5.73 Å². The second-order valence-electron chi connectivity index (χ2n) is 4.29. The van der Waals surface area contributed by atoms with E-state index in [1.807, 2.05) is 16.4 Å². The maximum atomic E-state index is 6.05. The molecule has 2 N–H and O–H groups in total. The number of hydrogen-bond acceptors (Lipinski definition) is 3. The number of hydrogen-bond donors (Lipinski definition) is 1. The van der Waals surface area contributed by atoms with Crippen molar-refractivity contribution in [1.82, 2.24) is 9.78 Å². The van der Waals surface area contributed by atoms with Crippen molar-refractivity contribution in [2.45, 2.75) is 45.2 Å². The van der Waals surface area contributed by atoms with E-state index < -0.39 is 0 Å². The zero-order chi connectivity index (χ0) is 12.0. The van der Waals surface area contributed by atoms with Crippen LogP contribution in [-0.2, 0) is 6.42 Å². The summed E-state index contributed by atoms with van der Waals surface area (Å²) in [5.41, 5.74) is 7.17. The molecule has 92 valence electrons. The van der Waals surface area contributed by atoms with Gasteiger partial charge in [-0.1, -0.05) is 6.92 Å². The molecule has 0 saturated carbocycles. The quantitative estimate of drug-likeness (QED) is 0.797. The molecule has 1 heterocycles. The lowest BCUT2D eigenvalue weighted by atomic mass is 10.1. The van der Waals surface area contributed by atoms with Crippen molar-refractivity contribution >= 4 is 11.8 Å². The number of nitrogens with zero attached hydrogens (tertiary/aromatic N) is 2. The predicted octanol–water partition coefficient (Wildman–Crippen LogP) is 2.48. The molecule has 0 aliphatic heterocycles. The van der Waals surface area contributed by atoms with Crippen LogP contribution in [0.2, 0.25) is 0 Å². The van der Waals surface area contributed by atoms with Crippen LogP contribution < -0.4 is 5.73 Å². The van der Waals surface area contributed by atoms with Gasteiger partial charge in [0.2, 0.25) is 0 Å². The molecule has 1 aromatic heterocycles. The normalized spacial score (nSPS) is 15.0. The van der Waals surface area contributed by atoms with E-state index in [0.717, 1.165) is 30.7 Å². The molecule has 3 nitrogen and oxygen atoms in total. The first-order valence-electron chi connectivity index (χ1n) is 5.96. The Morgan fingerprint density at radius 1 is 1.56 bits per heavy atom. The Kier molecular flexibility index (Phi) is 5.91. The first kappa shape index (κ1) is 13.6. The van der Waals surface area contributed by atoms with Gasteiger partial charge in [-0.05, 0) is 37.8 Å². The van der Waals surface area contributed by atoms with E-state index >= 15 is 0 Å². The van der Waals surface area contributed by atoms with Crippen molar-refractivity contribution in [2.75, 3.05) is 12.0 Å². The Labute approximate surface area is 103 Å². The smallest absolute Gasteiger partial charge is 0.0640 e. The summed E-state index contributed by atoms with van der Waals surface area (Å²) >= 11 is 1.85. The maximum absolute atomic E-state index is 6.05. The highest BCUT2D eigenvalue weighted by Crippen LogP contribution is 2.11. The Morgan fingerprint density at radius 2 is 2.31 bits per heavy atom. The van der Waals surface area contributed by atoms with Crippen molar-refractivity contribution in [1.29, 1.82) is 0 Å². The molecule has 0 bridgehead atoms. The molecule has 0 aliphatic carbocycles. The van der Waals surface area contributed by atoms with Crippen molar-refractivity contribution < 1.29 is 0 Å². The van der Waals surface area contributed by atoms with Crippen LogP contribution in [0.15, 0.2) is 12.3 Å². The lowest BCUT2D eigenvalue weighted by Crippen LogP contribution is -2.23. The van der Waals surface area contributed by atoms with Gasteiger partial charge in [0.05, 0.1) is 5.69 Å². The van der Waals surface area contributed by atoms with Crippen molar-refractivity contribution in [3.63, 3.8) is 0 Å². The second kappa shape index (κ2) is 6.97. The van der Waals surface area contributed by atoms with E-state index in [1.165, 1.54) is 0 Å². The predicted molar refractivity (Wildman–Crippen MR) is 71.9 cm³/mol. The highest BCUT2D eigenvalue weighted by atomic mass is 32.2. The van der Waals surface area contributed by atoms with Crippen molar-refractivity contribution in [3.05, 3.63) is 18.0 Å². The molecule has 0 aromatic carbocycles. The molecule has 0 amide bonds. The minimum atomic E-state index is 0.243. The van der Waals surface area contributed by atoms with Gasteiger partial charge in [-0.3, -0.25) is 4.68 Å². The lowest BCUT2D eigenvalue weighted by molar-refractivity contribution is 0.471. The van der Waals surface area contributed by atoms with Crippen LogP contribution in [0.3, 0.4) is 0 Å². The Balaban J connectivity index is 2.45. The molecule has 0 fully saturated rings. The average molecular weight is 241 g/mol. The van der Waals surface area contributed by atoms with E-state index in [1.54, 1.807) is 0 Å². The third-order valence-corrected chi connectivity index (χ3v) is 3.51. The van der Waals surface area contributed by atoms with Gasteiger partial charge >= 0.3 is 0 Å². The number of nitrogens with two attached hydrogens (primary N) is 1. The summed E-state index contributed by atoms with van der Waals surface area (Å²) in [6, 6.07) is 2.81. The third kappa shape index (κ3) is 4.18. The zero-order valence-corrected chi connectivity index (χ0v) is 11.3. The molecule has 0 radical (unpaired) electrons. The molecule has 2 atom stereocenters. The van der Waals surface area contributed by atoms with Crippen LogP contribution in [0.1, 0.15) is 38.4 Å². The summed E-state index contributed by atoms with van der Waals surface area (Å²) in [4.78, 5) is 0. The highest BCUT2D eigenvalue weighted by molar-refractivity contribution is 7.98. The monoisotopic (exact) mass is 241 g/mol. The first-order valence-corrected chi connectivity index (χ1v) is 7.35. The standard InChI is InChI=1S/C12H23N3S/c1-4-10(2)15-7-5-12(14-15)9-11(13)6-8-16-3/h5,7,10-11H,4,6,8-9,13H2,1-3H3.